The molecule has 0 aromatic heterocycles. The van der Waals surface area contributed by atoms with Crippen LogP contribution >= 0.6 is 0 Å². The van der Waals surface area contributed by atoms with Crippen molar-refractivity contribution >= 4 is 0 Å². The maximum Gasteiger partial charge on any atom is 0.183 e. The first-order chi connectivity index (χ1) is 5.57. The fraction of sp³-hybridized carbons (Fsp3) is 1.00. The Bertz CT molecular complexity index is 150. The van der Waals surface area contributed by atoms with Crippen molar-refractivity contribution in [2.24, 2.45) is 5.73 Å². The average molecular weight is 179 g/mol. The van der Waals surface area contributed by atoms with Gasteiger partial charge in [-0.05, 0) is 0 Å². The van der Waals surface area contributed by atoms with E-state index in [-0.39, 0.29) is 0 Å². The predicted molar refractivity (Wildman–Crippen MR) is 38.0 cm³/mol. The second-order valence-corrected chi connectivity index (χ2v) is 2.81. The van der Waals surface area contributed by atoms with Crippen LogP contribution < -0.4 is 5.73 Å². The monoisotopic (exact) mass is 179 g/mol. The zero-order valence-electron chi connectivity index (χ0n) is 6.37. The van der Waals surface area contributed by atoms with Gasteiger partial charge in [-0.25, -0.2) is 0 Å². The molecule has 6 heteroatoms. The highest BCUT2D eigenvalue weighted by molar-refractivity contribution is 4.90. The zero-order valence-corrected chi connectivity index (χ0v) is 6.37. The summed E-state index contributed by atoms with van der Waals surface area (Å²) in [5.41, 5.74) is 5.38. The molecule has 0 bridgehead atoms. The van der Waals surface area contributed by atoms with Crippen LogP contribution in [-0.4, -0.2) is 57.7 Å². The van der Waals surface area contributed by atoms with Gasteiger partial charge in [0, 0.05) is 0 Å². The van der Waals surface area contributed by atoms with Crippen LogP contribution in [0.5, 0.6) is 0 Å². The molecule has 0 radical (unpaired) electrons. The minimum Gasteiger partial charge on any atom is -0.394 e. The van der Waals surface area contributed by atoms with E-state index in [1.165, 1.54) is 0 Å². The first kappa shape index (κ1) is 9.85. The molecule has 1 heterocycles. The van der Waals surface area contributed by atoms with Gasteiger partial charge in [-0.1, -0.05) is 0 Å². The number of aliphatic hydroxyl groups excluding tert-OH is 4. The normalized spacial score (nSPS) is 49.2. The molecule has 6 nitrogen and oxygen atoms in total. The van der Waals surface area contributed by atoms with E-state index in [2.05, 4.69) is 0 Å². The second-order valence-electron chi connectivity index (χ2n) is 2.81. The minimum atomic E-state index is -1.49. The van der Waals surface area contributed by atoms with Gasteiger partial charge in [0.05, 0.1) is 12.6 Å². The van der Waals surface area contributed by atoms with Crippen LogP contribution in [0.2, 0.25) is 0 Å². The SMILES string of the molecule is N[C@@H]1[C@@H](O)[C@H](O)C(O)O[C@H]1CO. The third-order valence-corrected chi connectivity index (χ3v) is 1.96. The highest BCUT2D eigenvalue weighted by Gasteiger charge is 2.41. The lowest BCUT2D eigenvalue weighted by molar-refractivity contribution is -0.258. The van der Waals surface area contributed by atoms with Crippen molar-refractivity contribution < 1.29 is 25.2 Å². The summed E-state index contributed by atoms with van der Waals surface area (Å²) < 4.78 is 4.70. The van der Waals surface area contributed by atoms with Gasteiger partial charge in [0.15, 0.2) is 6.29 Å². The van der Waals surface area contributed by atoms with Crippen LogP contribution in [0.1, 0.15) is 0 Å². The van der Waals surface area contributed by atoms with Gasteiger partial charge < -0.3 is 30.9 Å². The summed E-state index contributed by atoms with van der Waals surface area (Å²) in [6.45, 7) is -0.401. The Hall–Kier alpha value is -0.240. The van der Waals surface area contributed by atoms with Crippen LogP contribution in [-0.2, 0) is 4.74 Å². The molecule has 0 aliphatic carbocycles. The van der Waals surface area contributed by atoms with E-state index in [1.807, 2.05) is 0 Å². The summed E-state index contributed by atoms with van der Waals surface area (Å²) >= 11 is 0. The third-order valence-electron chi connectivity index (χ3n) is 1.96. The van der Waals surface area contributed by atoms with Crippen LogP contribution in [0.15, 0.2) is 0 Å². The van der Waals surface area contributed by atoms with E-state index in [4.69, 9.17) is 25.8 Å². The Morgan fingerprint density at radius 3 is 2.25 bits per heavy atom. The fourth-order valence-electron chi connectivity index (χ4n) is 1.13. The Morgan fingerprint density at radius 2 is 1.75 bits per heavy atom. The van der Waals surface area contributed by atoms with E-state index in [0.29, 0.717) is 0 Å². The average Bonchev–Trinajstić information content (AvgIpc) is 2.08. The standard InChI is InChI=1S/C6H13NO5/c7-3-2(1-8)12-6(11)5(10)4(3)9/h2-6,8-11H,1,7H2/t2-,3-,4+,5-,6?/m0/s1. The number of aliphatic hydroxyl groups is 4. The molecular weight excluding hydrogens is 166 g/mol. The lowest BCUT2D eigenvalue weighted by Crippen LogP contribution is -2.61. The molecular formula is C6H13NO5. The maximum absolute atomic E-state index is 9.19. The summed E-state index contributed by atoms with van der Waals surface area (Å²) in [6, 6.07) is -0.881. The highest BCUT2D eigenvalue weighted by atomic mass is 16.6. The van der Waals surface area contributed by atoms with Crippen LogP contribution in [0.25, 0.3) is 0 Å². The van der Waals surface area contributed by atoms with E-state index in [1.54, 1.807) is 0 Å². The van der Waals surface area contributed by atoms with Gasteiger partial charge in [0.25, 0.3) is 0 Å². The molecule has 1 unspecified atom stereocenters. The second kappa shape index (κ2) is 3.65. The smallest absolute Gasteiger partial charge is 0.183 e. The summed E-state index contributed by atoms with van der Waals surface area (Å²) in [5.74, 6) is 0. The van der Waals surface area contributed by atoms with Crippen molar-refractivity contribution in [3.05, 3.63) is 0 Å². The number of ether oxygens (including phenoxy) is 1. The zero-order chi connectivity index (χ0) is 9.30. The molecule has 5 atom stereocenters. The Balaban J connectivity index is 2.63. The van der Waals surface area contributed by atoms with Crippen LogP contribution in [0.3, 0.4) is 0 Å². The molecule has 0 aromatic carbocycles. The van der Waals surface area contributed by atoms with E-state index < -0.39 is 37.3 Å². The molecule has 0 spiro atoms. The number of hydrogen-bond acceptors (Lipinski definition) is 6. The predicted octanol–water partition coefficient (Wildman–Crippen LogP) is -3.26. The quantitative estimate of drug-likeness (QED) is 0.288. The molecule has 0 saturated carbocycles. The molecule has 12 heavy (non-hydrogen) atoms. The molecule has 1 saturated heterocycles. The van der Waals surface area contributed by atoms with Crippen molar-refractivity contribution in [3.8, 4) is 0 Å². The maximum atomic E-state index is 9.19. The lowest BCUT2D eigenvalue weighted by atomic mass is 9.98. The highest BCUT2D eigenvalue weighted by Crippen LogP contribution is 2.17. The first-order valence-electron chi connectivity index (χ1n) is 3.64. The molecule has 6 N–H and O–H groups in total. The van der Waals surface area contributed by atoms with Crippen LogP contribution in [0.4, 0.5) is 0 Å². The van der Waals surface area contributed by atoms with Crippen LogP contribution in [0, 0.1) is 0 Å². The molecule has 1 aliphatic rings. The Labute approximate surface area is 69.2 Å². The van der Waals surface area contributed by atoms with E-state index in [0.717, 1.165) is 0 Å². The van der Waals surface area contributed by atoms with Gasteiger partial charge in [-0.3, -0.25) is 0 Å². The molecule has 0 amide bonds. The van der Waals surface area contributed by atoms with Crippen molar-refractivity contribution in [1.82, 2.24) is 0 Å². The van der Waals surface area contributed by atoms with Gasteiger partial charge in [-0.15, -0.1) is 0 Å². The van der Waals surface area contributed by atoms with Gasteiger partial charge in [-0.2, -0.15) is 0 Å². The molecule has 1 rings (SSSR count). The largest absolute Gasteiger partial charge is 0.394 e. The van der Waals surface area contributed by atoms with Gasteiger partial charge >= 0.3 is 0 Å². The minimum absolute atomic E-state index is 0.401. The van der Waals surface area contributed by atoms with Gasteiger partial charge in [0.2, 0.25) is 0 Å². The summed E-state index contributed by atoms with van der Waals surface area (Å²) in [7, 11) is 0. The molecule has 1 fully saturated rings. The van der Waals surface area contributed by atoms with Crippen molar-refractivity contribution in [1.29, 1.82) is 0 Å². The Morgan fingerprint density at radius 1 is 1.17 bits per heavy atom. The lowest BCUT2D eigenvalue weighted by Gasteiger charge is -2.38. The Kier molecular flexibility index (Phi) is 2.99. The molecule has 1 aliphatic heterocycles. The summed E-state index contributed by atoms with van der Waals surface area (Å²) in [6.07, 6.45) is -5.01. The number of hydrogen-bond donors (Lipinski definition) is 5. The van der Waals surface area contributed by atoms with Crippen molar-refractivity contribution in [2.75, 3.05) is 6.61 Å². The molecule has 72 valence electrons. The van der Waals surface area contributed by atoms with E-state index in [9.17, 15) is 5.11 Å². The third kappa shape index (κ3) is 1.58. The summed E-state index contributed by atoms with van der Waals surface area (Å²) in [4.78, 5) is 0. The molecule has 0 aromatic rings. The van der Waals surface area contributed by atoms with Crippen molar-refractivity contribution in [2.45, 2.75) is 30.6 Å². The van der Waals surface area contributed by atoms with Gasteiger partial charge in [0.1, 0.15) is 18.3 Å². The van der Waals surface area contributed by atoms with E-state index >= 15 is 0 Å². The number of rotatable bonds is 1. The number of nitrogens with two attached hydrogens (primary N) is 1. The summed E-state index contributed by atoms with van der Waals surface area (Å²) in [5, 5.41) is 35.9. The van der Waals surface area contributed by atoms with Crippen molar-refractivity contribution in [3.63, 3.8) is 0 Å². The first-order valence-corrected chi connectivity index (χ1v) is 3.64. The topological polar surface area (TPSA) is 116 Å². The fourth-order valence-corrected chi connectivity index (χ4v) is 1.13.